The molecule has 0 fully saturated rings. The fraction of sp³-hybridized carbons (Fsp3) is 0.273. The molecule has 0 spiro atoms. The summed E-state index contributed by atoms with van der Waals surface area (Å²) in [6.45, 7) is 0.367. The van der Waals surface area contributed by atoms with Crippen molar-refractivity contribution < 1.29 is 4.79 Å². The molecule has 1 aliphatic rings. The number of aromatic amines is 1. The Morgan fingerprint density at radius 1 is 1.29 bits per heavy atom. The lowest BCUT2D eigenvalue weighted by molar-refractivity contribution is -0.119. The first kappa shape index (κ1) is 9.95. The fourth-order valence-electron chi connectivity index (χ4n) is 2.06. The maximum atomic E-state index is 11.9. The predicted molar refractivity (Wildman–Crippen MR) is 60.1 cm³/mol. The minimum atomic E-state index is 0.105. The number of rotatable bonds is 2. The molecule has 0 aliphatic carbocycles. The van der Waals surface area contributed by atoms with E-state index in [-0.39, 0.29) is 5.91 Å². The Hall–Kier alpha value is -2.24. The van der Waals surface area contributed by atoms with Gasteiger partial charge in [0.2, 0.25) is 5.91 Å². The van der Waals surface area contributed by atoms with Crippen LogP contribution in [0.5, 0.6) is 0 Å². The van der Waals surface area contributed by atoms with Crippen LogP contribution in [0, 0.1) is 0 Å². The van der Waals surface area contributed by atoms with Crippen molar-refractivity contribution in [1.82, 2.24) is 20.6 Å². The van der Waals surface area contributed by atoms with Crippen molar-refractivity contribution in [2.24, 2.45) is 0 Å². The van der Waals surface area contributed by atoms with Gasteiger partial charge in [-0.05, 0) is 18.1 Å². The van der Waals surface area contributed by atoms with Crippen LogP contribution in [-0.4, -0.2) is 26.5 Å². The molecule has 17 heavy (non-hydrogen) atoms. The van der Waals surface area contributed by atoms with Crippen LogP contribution in [0.3, 0.4) is 0 Å². The van der Waals surface area contributed by atoms with Gasteiger partial charge in [0.05, 0.1) is 6.54 Å². The number of carbonyl (C=O) groups is 1. The molecule has 6 heteroatoms. The fourth-order valence-corrected chi connectivity index (χ4v) is 2.06. The Morgan fingerprint density at radius 3 is 3.00 bits per heavy atom. The van der Waals surface area contributed by atoms with Crippen molar-refractivity contribution in [3.8, 4) is 0 Å². The number of benzene rings is 1. The first-order chi connectivity index (χ1) is 8.34. The molecule has 0 unspecified atom stereocenters. The summed E-state index contributed by atoms with van der Waals surface area (Å²) in [4.78, 5) is 13.6. The predicted octanol–water partition coefficient (Wildman–Crippen LogP) is 0.679. The van der Waals surface area contributed by atoms with E-state index in [0.29, 0.717) is 18.8 Å². The number of nitrogens with zero attached hydrogens (tertiary/aromatic N) is 4. The second-order valence-corrected chi connectivity index (χ2v) is 3.94. The molecule has 1 aliphatic heterocycles. The Kier molecular flexibility index (Phi) is 2.32. The first-order valence-corrected chi connectivity index (χ1v) is 5.45. The Bertz CT molecular complexity index is 537. The SMILES string of the molecule is O=C1CCc2ccccc2N1Cc1nn[nH]n1. The van der Waals surface area contributed by atoms with Gasteiger partial charge in [-0.3, -0.25) is 4.79 Å². The molecule has 1 amide bonds. The van der Waals surface area contributed by atoms with Crippen LogP contribution in [-0.2, 0) is 17.8 Å². The Morgan fingerprint density at radius 2 is 2.18 bits per heavy atom. The molecule has 1 N–H and O–H groups in total. The van der Waals surface area contributed by atoms with Gasteiger partial charge in [-0.25, -0.2) is 0 Å². The Balaban J connectivity index is 1.95. The number of para-hydroxylation sites is 1. The second-order valence-electron chi connectivity index (χ2n) is 3.94. The van der Waals surface area contributed by atoms with Crippen molar-refractivity contribution in [1.29, 1.82) is 0 Å². The number of tetrazole rings is 1. The minimum Gasteiger partial charge on any atom is -0.304 e. The number of aromatic nitrogens is 4. The molecule has 0 radical (unpaired) electrons. The number of aryl methyl sites for hydroxylation is 1. The zero-order valence-corrected chi connectivity index (χ0v) is 9.13. The zero-order valence-electron chi connectivity index (χ0n) is 9.13. The maximum absolute atomic E-state index is 11.9. The normalized spacial score (nSPS) is 14.8. The number of anilines is 1. The molecule has 2 heterocycles. The molecule has 3 rings (SSSR count). The molecule has 6 nitrogen and oxygen atoms in total. The van der Waals surface area contributed by atoms with Gasteiger partial charge in [0.25, 0.3) is 0 Å². The van der Waals surface area contributed by atoms with Crippen LogP contribution in [0.25, 0.3) is 0 Å². The third-order valence-corrected chi connectivity index (χ3v) is 2.88. The van der Waals surface area contributed by atoms with Gasteiger partial charge in [-0.15, -0.1) is 10.2 Å². The minimum absolute atomic E-state index is 0.105. The maximum Gasteiger partial charge on any atom is 0.227 e. The summed E-state index contributed by atoms with van der Waals surface area (Å²) in [6, 6.07) is 7.92. The molecular weight excluding hydrogens is 218 g/mol. The van der Waals surface area contributed by atoms with Gasteiger partial charge in [0.15, 0.2) is 5.82 Å². The lowest BCUT2D eigenvalue weighted by Gasteiger charge is -2.28. The quantitative estimate of drug-likeness (QED) is 0.821. The largest absolute Gasteiger partial charge is 0.304 e. The molecular formula is C11H11N5O. The lowest BCUT2D eigenvalue weighted by Crippen LogP contribution is -2.34. The first-order valence-electron chi connectivity index (χ1n) is 5.45. The zero-order chi connectivity index (χ0) is 11.7. The average molecular weight is 229 g/mol. The molecule has 0 saturated carbocycles. The third kappa shape index (κ3) is 1.77. The van der Waals surface area contributed by atoms with E-state index < -0.39 is 0 Å². The third-order valence-electron chi connectivity index (χ3n) is 2.88. The number of hydrogen-bond donors (Lipinski definition) is 1. The number of H-pyrrole nitrogens is 1. The standard InChI is InChI=1S/C11H11N5O/c17-11-6-5-8-3-1-2-4-9(8)16(11)7-10-12-14-15-13-10/h1-4H,5-7H2,(H,12,13,14,15). The molecule has 86 valence electrons. The number of fused-ring (bicyclic) bond motifs is 1. The van der Waals surface area contributed by atoms with Crippen molar-refractivity contribution in [3.63, 3.8) is 0 Å². The van der Waals surface area contributed by atoms with E-state index in [0.717, 1.165) is 12.1 Å². The molecule has 0 atom stereocenters. The summed E-state index contributed by atoms with van der Waals surface area (Å²) in [7, 11) is 0. The smallest absolute Gasteiger partial charge is 0.227 e. The number of hydrogen-bond acceptors (Lipinski definition) is 4. The van der Waals surface area contributed by atoms with Crippen LogP contribution in [0.15, 0.2) is 24.3 Å². The number of carbonyl (C=O) groups excluding carboxylic acids is 1. The van der Waals surface area contributed by atoms with Crippen LogP contribution < -0.4 is 4.90 Å². The van der Waals surface area contributed by atoms with Gasteiger partial charge < -0.3 is 4.90 Å². The van der Waals surface area contributed by atoms with E-state index in [1.165, 1.54) is 5.56 Å². The summed E-state index contributed by atoms with van der Waals surface area (Å²) in [5.74, 6) is 0.628. The van der Waals surface area contributed by atoms with Gasteiger partial charge >= 0.3 is 0 Å². The molecule has 2 aromatic rings. The van der Waals surface area contributed by atoms with E-state index in [2.05, 4.69) is 20.6 Å². The molecule has 0 saturated heterocycles. The van der Waals surface area contributed by atoms with Crippen molar-refractivity contribution >= 4 is 11.6 Å². The van der Waals surface area contributed by atoms with E-state index in [4.69, 9.17) is 0 Å². The highest BCUT2D eigenvalue weighted by Crippen LogP contribution is 2.28. The van der Waals surface area contributed by atoms with E-state index >= 15 is 0 Å². The summed E-state index contributed by atoms with van der Waals surface area (Å²) >= 11 is 0. The molecule has 0 bridgehead atoms. The van der Waals surface area contributed by atoms with Gasteiger partial charge in [0.1, 0.15) is 0 Å². The van der Waals surface area contributed by atoms with Gasteiger partial charge in [0, 0.05) is 12.1 Å². The van der Waals surface area contributed by atoms with Gasteiger partial charge in [-0.1, -0.05) is 23.4 Å². The molecule has 1 aromatic heterocycles. The Labute approximate surface area is 97.6 Å². The highest BCUT2D eigenvalue weighted by atomic mass is 16.2. The monoisotopic (exact) mass is 229 g/mol. The van der Waals surface area contributed by atoms with Crippen LogP contribution in [0.2, 0.25) is 0 Å². The lowest BCUT2D eigenvalue weighted by atomic mass is 10.0. The summed E-state index contributed by atoms with van der Waals surface area (Å²) in [5.41, 5.74) is 2.14. The van der Waals surface area contributed by atoms with Crippen LogP contribution in [0.4, 0.5) is 5.69 Å². The number of nitrogens with one attached hydrogen (secondary N) is 1. The van der Waals surface area contributed by atoms with Crippen molar-refractivity contribution in [2.45, 2.75) is 19.4 Å². The van der Waals surface area contributed by atoms with E-state index in [1.807, 2.05) is 24.3 Å². The van der Waals surface area contributed by atoms with E-state index in [1.54, 1.807) is 4.90 Å². The summed E-state index contributed by atoms with van der Waals surface area (Å²) in [6.07, 6.45) is 1.34. The van der Waals surface area contributed by atoms with Gasteiger partial charge in [-0.2, -0.15) is 5.21 Å². The topological polar surface area (TPSA) is 74.8 Å². The second kappa shape index (κ2) is 3.97. The van der Waals surface area contributed by atoms with Crippen LogP contribution in [0.1, 0.15) is 17.8 Å². The highest BCUT2D eigenvalue weighted by molar-refractivity contribution is 5.96. The molecule has 1 aromatic carbocycles. The summed E-state index contributed by atoms with van der Waals surface area (Å²) in [5, 5.41) is 13.6. The van der Waals surface area contributed by atoms with Crippen molar-refractivity contribution in [3.05, 3.63) is 35.7 Å². The highest BCUT2D eigenvalue weighted by Gasteiger charge is 2.24. The number of amides is 1. The average Bonchev–Trinajstić information content (AvgIpc) is 2.86. The van der Waals surface area contributed by atoms with Crippen molar-refractivity contribution in [2.75, 3.05) is 4.90 Å². The van der Waals surface area contributed by atoms with Crippen LogP contribution >= 0.6 is 0 Å². The summed E-state index contributed by atoms with van der Waals surface area (Å²) < 4.78 is 0. The van der Waals surface area contributed by atoms with E-state index in [9.17, 15) is 4.79 Å².